The standard InChI is InChI=1S/C16H17NO4S/c1-11-5-4-6-14(9-11)22(19,20)17-15-10-13(16(18)21-3)8-7-12(15)2/h4-10,17H,1-3H3. The van der Waals surface area contributed by atoms with Gasteiger partial charge in [-0.15, -0.1) is 0 Å². The second-order valence-corrected chi connectivity index (χ2v) is 6.63. The SMILES string of the molecule is COC(=O)c1ccc(C)c(NS(=O)(=O)c2cccc(C)c2)c1. The molecule has 0 radical (unpaired) electrons. The number of aryl methyl sites for hydroxylation is 2. The molecule has 0 aliphatic heterocycles. The summed E-state index contributed by atoms with van der Waals surface area (Å²) in [6.45, 7) is 3.58. The fourth-order valence-corrected chi connectivity index (χ4v) is 3.19. The third kappa shape index (κ3) is 3.46. The van der Waals surface area contributed by atoms with Crippen LogP contribution in [-0.2, 0) is 14.8 Å². The average Bonchev–Trinajstić information content (AvgIpc) is 2.48. The van der Waals surface area contributed by atoms with Gasteiger partial charge in [-0.2, -0.15) is 0 Å². The molecule has 2 rings (SSSR count). The topological polar surface area (TPSA) is 72.5 Å². The molecule has 0 fully saturated rings. The monoisotopic (exact) mass is 319 g/mol. The smallest absolute Gasteiger partial charge is 0.337 e. The summed E-state index contributed by atoms with van der Waals surface area (Å²) in [6.07, 6.45) is 0. The lowest BCUT2D eigenvalue weighted by Crippen LogP contribution is -2.14. The second-order valence-electron chi connectivity index (χ2n) is 4.94. The Morgan fingerprint density at radius 2 is 1.82 bits per heavy atom. The zero-order chi connectivity index (χ0) is 16.3. The maximum absolute atomic E-state index is 12.4. The molecule has 0 unspecified atom stereocenters. The number of nitrogens with one attached hydrogen (secondary N) is 1. The third-order valence-corrected chi connectivity index (χ3v) is 4.57. The van der Waals surface area contributed by atoms with Crippen molar-refractivity contribution in [3.63, 3.8) is 0 Å². The number of hydrogen-bond donors (Lipinski definition) is 1. The van der Waals surface area contributed by atoms with Crippen LogP contribution < -0.4 is 4.72 Å². The molecular formula is C16H17NO4S. The molecule has 5 nitrogen and oxygen atoms in total. The minimum absolute atomic E-state index is 0.176. The molecule has 2 aromatic rings. The minimum Gasteiger partial charge on any atom is -0.465 e. The van der Waals surface area contributed by atoms with Crippen LogP contribution in [0.3, 0.4) is 0 Å². The number of esters is 1. The second kappa shape index (κ2) is 6.19. The van der Waals surface area contributed by atoms with Crippen LogP contribution in [0.2, 0.25) is 0 Å². The van der Waals surface area contributed by atoms with E-state index < -0.39 is 16.0 Å². The van der Waals surface area contributed by atoms with Gasteiger partial charge in [0.05, 0.1) is 23.3 Å². The van der Waals surface area contributed by atoms with Crippen LogP contribution in [0, 0.1) is 13.8 Å². The summed E-state index contributed by atoms with van der Waals surface area (Å²) >= 11 is 0. The summed E-state index contributed by atoms with van der Waals surface area (Å²) in [5.74, 6) is -0.518. The van der Waals surface area contributed by atoms with E-state index in [1.807, 2.05) is 13.0 Å². The minimum atomic E-state index is -3.71. The quantitative estimate of drug-likeness (QED) is 0.880. The molecular weight excluding hydrogens is 302 g/mol. The van der Waals surface area contributed by atoms with Gasteiger partial charge in [0.15, 0.2) is 0 Å². The Morgan fingerprint density at radius 3 is 2.45 bits per heavy atom. The summed E-state index contributed by atoms with van der Waals surface area (Å²) in [4.78, 5) is 11.7. The summed E-state index contributed by atoms with van der Waals surface area (Å²) in [6, 6.07) is 11.3. The van der Waals surface area contributed by atoms with Crippen molar-refractivity contribution < 1.29 is 17.9 Å². The molecule has 0 spiro atoms. The Kier molecular flexibility index (Phi) is 4.51. The van der Waals surface area contributed by atoms with Gasteiger partial charge in [-0.25, -0.2) is 13.2 Å². The van der Waals surface area contributed by atoms with Gasteiger partial charge in [-0.1, -0.05) is 18.2 Å². The van der Waals surface area contributed by atoms with E-state index in [-0.39, 0.29) is 10.5 Å². The van der Waals surface area contributed by atoms with Gasteiger partial charge in [0.1, 0.15) is 0 Å². The number of carbonyl (C=O) groups is 1. The van der Waals surface area contributed by atoms with Crippen molar-refractivity contribution in [1.82, 2.24) is 0 Å². The Bertz CT molecular complexity index is 813. The molecule has 22 heavy (non-hydrogen) atoms. The molecule has 116 valence electrons. The number of ether oxygens (including phenoxy) is 1. The molecule has 0 heterocycles. The largest absolute Gasteiger partial charge is 0.465 e. The molecule has 2 aromatic carbocycles. The Hall–Kier alpha value is -2.34. The Morgan fingerprint density at radius 1 is 1.09 bits per heavy atom. The molecule has 6 heteroatoms. The van der Waals surface area contributed by atoms with Crippen molar-refractivity contribution in [3.05, 3.63) is 59.2 Å². The van der Waals surface area contributed by atoms with E-state index in [0.29, 0.717) is 11.3 Å². The first-order chi connectivity index (χ1) is 10.3. The van der Waals surface area contributed by atoms with Gasteiger partial charge in [0.2, 0.25) is 0 Å². The summed E-state index contributed by atoms with van der Waals surface area (Å²) in [7, 11) is -2.43. The zero-order valence-corrected chi connectivity index (χ0v) is 13.4. The van der Waals surface area contributed by atoms with Crippen LogP contribution in [0.5, 0.6) is 0 Å². The van der Waals surface area contributed by atoms with Crippen LogP contribution in [0.1, 0.15) is 21.5 Å². The fraction of sp³-hybridized carbons (Fsp3) is 0.188. The zero-order valence-electron chi connectivity index (χ0n) is 12.6. The Balaban J connectivity index is 2.39. The summed E-state index contributed by atoms with van der Waals surface area (Å²) in [5.41, 5.74) is 2.20. The molecule has 0 aromatic heterocycles. The van der Waals surface area contributed by atoms with Gasteiger partial charge in [0, 0.05) is 0 Å². The van der Waals surface area contributed by atoms with Gasteiger partial charge < -0.3 is 4.74 Å². The van der Waals surface area contributed by atoms with Crippen molar-refractivity contribution in [3.8, 4) is 0 Å². The highest BCUT2D eigenvalue weighted by atomic mass is 32.2. The number of anilines is 1. The van der Waals surface area contributed by atoms with Crippen molar-refractivity contribution in [2.75, 3.05) is 11.8 Å². The van der Waals surface area contributed by atoms with Gasteiger partial charge in [-0.05, 0) is 49.2 Å². The molecule has 0 saturated heterocycles. The normalized spacial score (nSPS) is 11.0. The maximum atomic E-state index is 12.4. The lowest BCUT2D eigenvalue weighted by Gasteiger charge is -2.12. The summed E-state index contributed by atoms with van der Waals surface area (Å²) < 4.78 is 32.0. The van der Waals surface area contributed by atoms with Crippen LogP contribution in [0.25, 0.3) is 0 Å². The van der Waals surface area contributed by atoms with E-state index in [9.17, 15) is 13.2 Å². The van der Waals surface area contributed by atoms with Crippen LogP contribution >= 0.6 is 0 Å². The van der Waals surface area contributed by atoms with E-state index in [0.717, 1.165) is 5.56 Å². The summed E-state index contributed by atoms with van der Waals surface area (Å²) in [5, 5.41) is 0. The number of carbonyl (C=O) groups excluding carboxylic acids is 1. The lowest BCUT2D eigenvalue weighted by molar-refractivity contribution is 0.0601. The van der Waals surface area contributed by atoms with E-state index in [2.05, 4.69) is 9.46 Å². The van der Waals surface area contributed by atoms with E-state index in [1.54, 1.807) is 31.2 Å². The number of hydrogen-bond acceptors (Lipinski definition) is 4. The van der Waals surface area contributed by atoms with E-state index in [4.69, 9.17) is 0 Å². The highest BCUT2D eigenvalue weighted by Gasteiger charge is 2.16. The molecule has 0 aliphatic carbocycles. The number of benzene rings is 2. The predicted molar refractivity (Wildman–Crippen MR) is 84.5 cm³/mol. The molecule has 0 bridgehead atoms. The van der Waals surface area contributed by atoms with Gasteiger partial charge >= 0.3 is 5.97 Å². The highest BCUT2D eigenvalue weighted by molar-refractivity contribution is 7.92. The van der Waals surface area contributed by atoms with Crippen molar-refractivity contribution in [2.45, 2.75) is 18.7 Å². The molecule has 0 aliphatic rings. The average molecular weight is 319 g/mol. The molecule has 1 N–H and O–H groups in total. The van der Waals surface area contributed by atoms with Crippen molar-refractivity contribution >= 4 is 21.7 Å². The maximum Gasteiger partial charge on any atom is 0.337 e. The fourth-order valence-electron chi connectivity index (χ4n) is 1.96. The Labute approximate surface area is 130 Å². The lowest BCUT2D eigenvalue weighted by atomic mass is 10.1. The van der Waals surface area contributed by atoms with Gasteiger partial charge in [-0.3, -0.25) is 4.72 Å². The van der Waals surface area contributed by atoms with Crippen LogP contribution in [-0.4, -0.2) is 21.5 Å². The number of sulfonamides is 1. The third-order valence-electron chi connectivity index (χ3n) is 3.20. The first kappa shape index (κ1) is 16.0. The van der Waals surface area contributed by atoms with Gasteiger partial charge in [0.25, 0.3) is 10.0 Å². The first-order valence-corrected chi connectivity index (χ1v) is 8.10. The first-order valence-electron chi connectivity index (χ1n) is 6.62. The number of rotatable bonds is 4. The highest BCUT2D eigenvalue weighted by Crippen LogP contribution is 2.22. The van der Waals surface area contributed by atoms with Crippen LogP contribution in [0.15, 0.2) is 47.4 Å². The predicted octanol–water partition coefficient (Wildman–Crippen LogP) is 2.89. The van der Waals surface area contributed by atoms with Crippen LogP contribution in [0.4, 0.5) is 5.69 Å². The van der Waals surface area contributed by atoms with E-state index in [1.165, 1.54) is 19.2 Å². The van der Waals surface area contributed by atoms with Crippen molar-refractivity contribution in [2.24, 2.45) is 0 Å². The molecule has 0 saturated carbocycles. The van der Waals surface area contributed by atoms with E-state index >= 15 is 0 Å². The number of methoxy groups -OCH3 is 1. The molecule has 0 amide bonds. The van der Waals surface area contributed by atoms with Crippen molar-refractivity contribution in [1.29, 1.82) is 0 Å². The molecule has 0 atom stereocenters.